The molecule has 1 heterocycles. The number of piperidine rings is 1. The second kappa shape index (κ2) is 7.89. The Morgan fingerprint density at radius 2 is 1.76 bits per heavy atom. The topological polar surface area (TPSA) is 58.6 Å². The van der Waals surface area contributed by atoms with Crippen LogP contribution in [0.5, 0.6) is 0 Å². The highest BCUT2D eigenvalue weighted by Gasteiger charge is 2.38. The third-order valence-corrected chi connectivity index (χ3v) is 4.70. The van der Waals surface area contributed by atoms with Crippen LogP contribution in [-0.2, 0) is 14.9 Å². The summed E-state index contributed by atoms with van der Waals surface area (Å²) in [5, 5.41) is 3.05. The highest BCUT2D eigenvalue weighted by Crippen LogP contribution is 2.35. The number of nitrogens with zero attached hydrogens (tertiary/aromatic N) is 1. The molecule has 1 aromatic carbocycles. The normalized spacial score (nSPS) is 17.0. The Balaban J connectivity index is 2.09. The van der Waals surface area contributed by atoms with E-state index in [1.807, 2.05) is 45.9 Å². The van der Waals surface area contributed by atoms with Crippen molar-refractivity contribution >= 4 is 12.0 Å². The molecule has 1 aromatic rings. The molecule has 0 spiro atoms. The van der Waals surface area contributed by atoms with E-state index in [1.165, 1.54) is 5.56 Å². The first-order chi connectivity index (χ1) is 11.8. The average Bonchev–Trinajstić information content (AvgIpc) is 2.59. The van der Waals surface area contributed by atoms with Gasteiger partial charge >= 0.3 is 6.09 Å². The Morgan fingerprint density at radius 1 is 1.16 bits per heavy atom. The van der Waals surface area contributed by atoms with Crippen molar-refractivity contribution in [2.45, 2.75) is 58.0 Å². The van der Waals surface area contributed by atoms with E-state index in [-0.39, 0.29) is 17.4 Å². The van der Waals surface area contributed by atoms with E-state index < -0.39 is 5.60 Å². The molecule has 0 bridgehead atoms. The van der Waals surface area contributed by atoms with Crippen molar-refractivity contribution in [1.29, 1.82) is 0 Å². The van der Waals surface area contributed by atoms with Crippen LogP contribution in [0.4, 0.5) is 4.79 Å². The Labute approximate surface area is 150 Å². The zero-order chi connectivity index (χ0) is 18.5. The van der Waals surface area contributed by atoms with Crippen LogP contribution in [0.15, 0.2) is 30.3 Å². The van der Waals surface area contributed by atoms with E-state index in [2.05, 4.69) is 17.4 Å². The van der Waals surface area contributed by atoms with Gasteiger partial charge in [-0.05, 0) is 39.2 Å². The van der Waals surface area contributed by atoms with Crippen molar-refractivity contribution in [3.05, 3.63) is 35.9 Å². The lowest BCUT2D eigenvalue weighted by molar-refractivity contribution is -0.121. The molecule has 25 heavy (non-hydrogen) atoms. The van der Waals surface area contributed by atoms with Gasteiger partial charge in [0, 0.05) is 31.5 Å². The number of ether oxygens (including phenoxy) is 1. The fourth-order valence-electron chi connectivity index (χ4n) is 3.20. The van der Waals surface area contributed by atoms with Crippen LogP contribution in [0.1, 0.15) is 52.5 Å². The number of hydrogen-bond acceptors (Lipinski definition) is 3. The Bertz CT molecular complexity index is 585. The predicted molar refractivity (Wildman–Crippen MR) is 98.5 cm³/mol. The van der Waals surface area contributed by atoms with Crippen LogP contribution in [0.2, 0.25) is 0 Å². The summed E-state index contributed by atoms with van der Waals surface area (Å²) in [6.07, 6.45) is 1.84. The van der Waals surface area contributed by atoms with Gasteiger partial charge in [-0.1, -0.05) is 37.3 Å². The largest absolute Gasteiger partial charge is 0.444 e. The second-order valence-corrected chi connectivity index (χ2v) is 7.74. The molecule has 5 nitrogen and oxygen atoms in total. The summed E-state index contributed by atoms with van der Waals surface area (Å²) in [4.78, 5) is 25.8. The first-order valence-electron chi connectivity index (χ1n) is 9.06. The van der Waals surface area contributed by atoms with Gasteiger partial charge < -0.3 is 15.0 Å². The van der Waals surface area contributed by atoms with Gasteiger partial charge in [0.05, 0.1) is 0 Å². The summed E-state index contributed by atoms with van der Waals surface area (Å²) >= 11 is 0. The van der Waals surface area contributed by atoms with E-state index in [0.717, 1.165) is 12.8 Å². The highest BCUT2D eigenvalue weighted by molar-refractivity contribution is 5.75. The van der Waals surface area contributed by atoms with Crippen LogP contribution in [0.3, 0.4) is 0 Å². The van der Waals surface area contributed by atoms with Gasteiger partial charge in [0.25, 0.3) is 0 Å². The van der Waals surface area contributed by atoms with Crippen molar-refractivity contribution < 1.29 is 14.3 Å². The lowest BCUT2D eigenvalue weighted by Gasteiger charge is -2.42. The van der Waals surface area contributed by atoms with Crippen LogP contribution in [0.25, 0.3) is 0 Å². The van der Waals surface area contributed by atoms with Crippen LogP contribution < -0.4 is 5.32 Å². The summed E-state index contributed by atoms with van der Waals surface area (Å²) < 4.78 is 5.48. The quantitative estimate of drug-likeness (QED) is 0.908. The lowest BCUT2D eigenvalue weighted by Crippen LogP contribution is -2.51. The molecule has 1 aliphatic rings. The van der Waals surface area contributed by atoms with Crippen LogP contribution in [0, 0.1) is 0 Å². The molecule has 2 amide bonds. The third kappa shape index (κ3) is 5.21. The Hall–Kier alpha value is -2.04. The van der Waals surface area contributed by atoms with Crippen LogP contribution in [-0.4, -0.2) is 42.1 Å². The number of benzene rings is 1. The van der Waals surface area contributed by atoms with E-state index in [0.29, 0.717) is 26.1 Å². The molecule has 138 valence electrons. The van der Waals surface area contributed by atoms with Crippen molar-refractivity contribution in [3.8, 4) is 0 Å². The van der Waals surface area contributed by atoms with Gasteiger partial charge in [-0.3, -0.25) is 4.79 Å². The maximum Gasteiger partial charge on any atom is 0.410 e. The maximum atomic E-state index is 12.3. The number of rotatable bonds is 4. The number of nitrogens with one attached hydrogen (secondary N) is 1. The predicted octanol–water partition coefficient (Wildman–Crippen LogP) is 3.48. The lowest BCUT2D eigenvalue weighted by atomic mass is 9.72. The van der Waals surface area contributed by atoms with Gasteiger partial charge in [0.2, 0.25) is 5.91 Å². The van der Waals surface area contributed by atoms with Gasteiger partial charge in [-0.15, -0.1) is 0 Å². The van der Waals surface area contributed by atoms with Crippen molar-refractivity contribution in [2.24, 2.45) is 0 Å². The molecule has 0 atom stereocenters. The number of carbonyl (C=O) groups is 2. The zero-order valence-electron chi connectivity index (χ0n) is 15.8. The molecule has 1 fully saturated rings. The Kier molecular flexibility index (Phi) is 6.09. The molecule has 0 unspecified atom stereocenters. The smallest absolute Gasteiger partial charge is 0.410 e. The second-order valence-electron chi connectivity index (χ2n) is 7.74. The minimum atomic E-state index is -0.486. The zero-order valence-corrected chi connectivity index (χ0v) is 15.8. The van der Waals surface area contributed by atoms with Crippen LogP contribution >= 0.6 is 0 Å². The monoisotopic (exact) mass is 346 g/mol. The fraction of sp³-hybridized carbons (Fsp3) is 0.600. The molecular formula is C20H30N2O3. The fourth-order valence-corrected chi connectivity index (χ4v) is 3.20. The molecule has 2 rings (SSSR count). The van der Waals surface area contributed by atoms with Gasteiger partial charge in [0.15, 0.2) is 0 Å². The standard InChI is InChI=1S/C20H30N2O3/c1-5-17(23)21-15-20(16-9-7-6-8-10-16)11-13-22(14-12-20)18(24)25-19(2,3)4/h6-10H,5,11-15H2,1-4H3,(H,21,23). The SMILES string of the molecule is CCC(=O)NCC1(c2ccccc2)CCN(C(=O)OC(C)(C)C)CC1. The molecule has 0 saturated carbocycles. The van der Waals surface area contributed by atoms with Gasteiger partial charge in [-0.2, -0.15) is 0 Å². The van der Waals surface area contributed by atoms with Crippen molar-refractivity contribution in [3.63, 3.8) is 0 Å². The molecule has 0 aliphatic carbocycles. The molecule has 5 heteroatoms. The summed E-state index contributed by atoms with van der Waals surface area (Å²) in [5.74, 6) is 0.0601. The van der Waals surface area contributed by atoms with Crippen molar-refractivity contribution in [1.82, 2.24) is 10.2 Å². The number of likely N-dealkylation sites (tertiary alicyclic amines) is 1. The summed E-state index contributed by atoms with van der Waals surface area (Å²) in [5.41, 5.74) is 0.598. The summed E-state index contributed by atoms with van der Waals surface area (Å²) in [7, 11) is 0. The maximum absolute atomic E-state index is 12.3. The van der Waals surface area contributed by atoms with E-state index in [4.69, 9.17) is 4.74 Å². The van der Waals surface area contributed by atoms with E-state index in [9.17, 15) is 9.59 Å². The minimum absolute atomic E-state index is 0.0601. The molecule has 0 aromatic heterocycles. The third-order valence-electron chi connectivity index (χ3n) is 4.70. The summed E-state index contributed by atoms with van der Waals surface area (Å²) in [6, 6.07) is 10.3. The van der Waals surface area contributed by atoms with E-state index in [1.54, 1.807) is 4.90 Å². The summed E-state index contributed by atoms with van der Waals surface area (Å²) in [6.45, 7) is 9.36. The molecule has 1 aliphatic heterocycles. The Morgan fingerprint density at radius 3 is 2.28 bits per heavy atom. The minimum Gasteiger partial charge on any atom is -0.444 e. The molecular weight excluding hydrogens is 316 g/mol. The average molecular weight is 346 g/mol. The first kappa shape index (κ1) is 19.3. The number of hydrogen-bond donors (Lipinski definition) is 1. The first-order valence-corrected chi connectivity index (χ1v) is 9.06. The highest BCUT2D eigenvalue weighted by atomic mass is 16.6. The number of carbonyl (C=O) groups excluding carboxylic acids is 2. The molecule has 0 radical (unpaired) electrons. The molecule has 1 saturated heterocycles. The van der Waals surface area contributed by atoms with Gasteiger partial charge in [-0.25, -0.2) is 4.79 Å². The number of amides is 2. The van der Waals surface area contributed by atoms with Crippen molar-refractivity contribution in [2.75, 3.05) is 19.6 Å². The van der Waals surface area contributed by atoms with Gasteiger partial charge in [0.1, 0.15) is 5.60 Å². The molecule has 1 N–H and O–H groups in total. The van der Waals surface area contributed by atoms with E-state index >= 15 is 0 Å².